The molecular formula is C9H15N3O2. The summed E-state index contributed by atoms with van der Waals surface area (Å²) < 4.78 is 4.65. The van der Waals surface area contributed by atoms with Crippen LogP contribution in [0.1, 0.15) is 18.7 Å². The third kappa shape index (κ3) is 2.30. The molecular weight excluding hydrogens is 182 g/mol. The van der Waals surface area contributed by atoms with Gasteiger partial charge < -0.3 is 9.63 Å². The predicted molar refractivity (Wildman–Crippen MR) is 49.4 cm³/mol. The van der Waals surface area contributed by atoms with E-state index < -0.39 is 0 Å². The van der Waals surface area contributed by atoms with E-state index in [0.717, 1.165) is 19.4 Å². The molecule has 0 aliphatic heterocycles. The maximum absolute atomic E-state index is 9.13. The van der Waals surface area contributed by atoms with Crippen LogP contribution < -0.4 is 0 Å². The average molecular weight is 197 g/mol. The molecule has 0 bridgehead atoms. The molecule has 0 radical (unpaired) electrons. The molecule has 0 amide bonds. The molecule has 0 aromatic carbocycles. The zero-order valence-electron chi connectivity index (χ0n) is 8.26. The van der Waals surface area contributed by atoms with E-state index in [2.05, 4.69) is 19.6 Å². The number of rotatable bonds is 4. The second kappa shape index (κ2) is 4.06. The van der Waals surface area contributed by atoms with Crippen molar-refractivity contribution in [1.82, 2.24) is 15.0 Å². The summed E-state index contributed by atoms with van der Waals surface area (Å²) in [5, 5.41) is 12.9. The van der Waals surface area contributed by atoms with Gasteiger partial charge in [0.1, 0.15) is 0 Å². The van der Waals surface area contributed by atoms with Crippen molar-refractivity contribution >= 4 is 0 Å². The number of aliphatic hydroxyl groups is 1. The van der Waals surface area contributed by atoms with Crippen molar-refractivity contribution in [3.8, 4) is 0 Å². The van der Waals surface area contributed by atoms with E-state index in [0.29, 0.717) is 18.3 Å². The molecule has 1 saturated carbocycles. The zero-order valence-corrected chi connectivity index (χ0v) is 8.26. The second-order valence-corrected chi connectivity index (χ2v) is 4.04. The molecule has 14 heavy (non-hydrogen) atoms. The lowest BCUT2D eigenvalue weighted by Crippen LogP contribution is -2.36. The Morgan fingerprint density at radius 1 is 1.64 bits per heavy atom. The topological polar surface area (TPSA) is 62.4 Å². The fourth-order valence-electron chi connectivity index (χ4n) is 1.86. The van der Waals surface area contributed by atoms with E-state index in [-0.39, 0.29) is 6.10 Å². The number of aromatic nitrogens is 2. The van der Waals surface area contributed by atoms with E-state index in [4.69, 9.17) is 5.11 Å². The van der Waals surface area contributed by atoms with Gasteiger partial charge in [0.25, 0.3) is 0 Å². The summed E-state index contributed by atoms with van der Waals surface area (Å²) in [5.74, 6) is 1.34. The fraction of sp³-hybridized carbons (Fsp3) is 0.778. The number of nitrogens with zero attached hydrogens (tertiary/aromatic N) is 3. The van der Waals surface area contributed by atoms with Crippen LogP contribution >= 0.6 is 0 Å². The van der Waals surface area contributed by atoms with E-state index >= 15 is 0 Å². The molecule has 1 aromatic rings. The predicted octanol–water partition coefficient (Wildman–Crippen LogP) is 0.272. The van der Waals surface area contributed by atoms with Gasteiger partial charge in [0.05, 0.1) is 12.6 Å². The van der Waals surface area contributed by atoms with Gasteiger partial charge in [-0.15, -0.1) is 0 Å². The molecule has 78 valence electrons. The van der Waals surface area contributed by atoms with Crippen molar-refractivity contribution in [2.45, 2.75) is 25.5 Å². The lowest BCUT2D eigenvalue weighted by atomic mass is 9.82. The third-order valence-electron chi connectivity index (χ3n) is 2.60. The van der Waals surface area contributed by atoms with Crippen LogP contribution in [0.25, 0.3) is 0 Å². The summed E-state index contributed by atoms with van der Waals surface area (Å²) in [7, 11) is 2.03. The second-order valence-electron chi connectivity index (χ2n) is 4.04. The molecule has 1 N–H and O–H groups in total. The molecule has 1 fully saturated rings. The van der Waals surface area contributed by atoms with Gasteiger partial charge in [-0.05, 0) is 25.8 Å². The molecule has 1 heterocycles. The van der Waals surface area contributed by atoms with Crippen LogP contribution in [0.4, 0.5) is 0 Å². The van der Waals surface area contributed by atoms with E-state index in [1.54, 1.807) is 0 Å². The number of aliphatic hydroxyl groups excluding tert-OH is 1. The highest BCUT2D eigenvalue weighted by Crippen LogP contribution is 2.27. The fourth-order valence-corrected chi connectivity index (χ4v) is 1.86. The molecule has 0 atom stereocenters. The third-order valence-corrected chi connectivity index (χ3v) is 2.60. The molecule has 1 aliphatic rings. The average Bonchev–Trinajstić information content (AvgIpc) is 2.54. The van der Waals surface area contributed by atoms with Crippen LogP contribution in [0.15, 0.2) is 10.9 Å². The van der Waals surface area contributed by atoms with Crippen molar-refractivity contribution in [2.24, 2.45) is 5.92 Å². The molecule has 0 saturated heterocycles. The Morgan fingerprint density at radius 3 is 3.00 bits per heavy atom. The largest absolute Gasteiger partial charge is 0.393 e. The Bertz CT molecular complexity index is 270. The highest BCUT2D eigenvalue weighted by molar-refractivity contribution is 4.83. The van der Waals surface area contributed by atoms with Crippen LogP contribution in [0.5, 0.6) is 0 Å². The minimum Gasteiger partial charge on any atom is -0.393 e. The minimum absolute atomic E-state index is 0.0708. The minimum atomic E-state index is -0.0708. The molecule has 1 aromatic heterocycles. The van der Waals surface area contributed by atoms with Crippen LogP contribution in [0.2, 0.25) is 0 Å². The van der Waals surface area contributed by atoms with E-state index in [1.807, 2.05) is 7.05 Å². The Labute approximate surface area is 82.7 Å². The van der Waals surface area contributed by atoms with Crippen molar-refractivity contribution in [2.75, 3.05) is 13.6 Å². The Kier molecular flexibility index (Phi) is 2.79. The van der Waals surface area contributed by atoms with Gasteiger partial charge >= 0.3 is 0 Å². The first-order chi connectivity index (χ1) is 6.74. The molecule has 0 spiro atoms. The highest BCUT2D eigenvalue weighted by atomic mass is 16.5. The summed E-state index contributed by atoms with van der Waals surface area (Å²) in [6.45, 7) is 1.70. The van der Waals surface area contributed by atoms with Gasteiger partial charge in [-0.1, -0.05) is 5.16 Å². The summed E-state index contributed by atoms with van der Waals surface area (Å²) in [5.41, 5.74) is 0. The highest BCUT2D eigenvalue weighted by Gasteiger charge is 2.27. The number of hydrogen-bond donors (Lipinski definition) is 1. The summed E-state index contributed by atoms with van der Waals surface area (Å²) in [6.07, 6.45) is 3.13. The Hall–Kier alpha value is -0.940. The number of hydrogen-bond acceptors (Lipinski definition) is 5. The normalized spacial score (nSPS) is 26.5. The van der Waals surface area contributed by atoms with Crippen LogP contribution in [-0.2, 0) is 6.54 Å². The quantitative estimate of drug-likeness (QED) is 0.750. The smallest absolute Gasteiger partial charge is 0.213 e. The van der Waals surface area contributed by atoms with Crippen LogP contribution in [0.3, 0.4) is 0 Å². The summed E-state index contributed by atoms with van der Waals surface area (Å²) in [4.78, 5) is 6.11. The van der Waals surface area contributed by atoms with Gasteiger partial charge in [-0.2, -0.15) is 4.98 Å². The van der Waals surface area contributed by atoms with Crippen LogP contribution in [-0.4, -0.2) is 39.8 Å². The first-order valence-corrected chi connectivity index (χ1v) is 4.86. The Balaban J connectivity index is 1.71. The maximum atomic E-state index is 9.13. The van der Waals surface area contributed by atoms with Crippen molar-refractivity contribution in [3.63, 3.8) is 0 Å². The van der Waals surface area contributed by atoms with Gasteiger partial charge in [0, 0.05) is 6.54 Å². The zero-order chi connectivity index (χ0) is 9.97. The van der Waals surface area contributed by atoms with Crippen molar-refractivity contribution in [3.05, 3.63) is 12.2 Å². The first-order valence-electron chi connectivity index (χ1n) is 4.86. The molecule has 1 aliphatic carbocycles. The SMILES string of the molecule is CN(Cc1ncon1)CC1CC(O)C1. The molecule has 5 heteroatoms. The van der Waals surface area contributed by atoms with Crippen LogP contribution in [0, 0.1) is 5.92 Å². The lowest BCUT2D eigenvalue weighted by Gasteiger charge is -2.34. The molecule has 0 unspecified atom stereocenters. The maximum Gasteiger partial charge on any atom is 0.213 e. The van der Waals surface area contributed by atoms with Gasteiger partial charge in [0.15, 0.2) is 5.82 Å². The Morgan fingerprint density at radius 2 is 2.43 bits per heavy atom. The molecule has 5 nitrogen and oxygen atoms in total. The van der Waals surface area contributed by atoms with Gasteiger partial charge in [-0.3, -0.25) is 4.90 Å². The van der Waals surface area contributed by atoms with E-state index in [1.165, 1.54) is 6.39 Å². The molecule has 2 rings (SSSR count). The lowest BCUT2D eigenvalue weighted by molar-refractivity contribution is 0.0270. The standard InChI is InChI=1S/C9H15N3O2/c1-12(4-7-2-8(13)3-7)5-9-10-6-14-11-9/h6-8,13H,2-5H2,1H3. The van der Waals surface area contributed by atoms with Crippen molar-refractivity contribution < 1.29 is 9.63 Å². The first kappa shape index (κ1) is 9.61. The summed E-state index contributed by atoms with van der Waals surface area (Å²) in [6, 6.07) is 0. The van der Waals surface area contributed by atoms with Gasteiger partial charge in [-0.25, -0.2) is 0 Å². The van der Waals surface area contributed by atoms with Crippen molar-refractivity contribution in [1.29, 1.82) is 0 Å². The van der Waals surface area contributed by atoms with E-state index in [9.17, 15) is 0 Å². The summed E-state index contributed by atoms with van der Waals surface area (Å²) >= 11 is 0. The monoisotopic (exact) mass is 197 g/mol. The van der Waals surface area contributed by atoms with Gasteiger partial charge in [0.2, 0.25) is 6.39 Å².